The van der Waals surface area contributed by atoms with Crippen LogP contribution in [0.2, 0.25) is 0 Å². The molecule has 2 aliphatic rings. The van der Waals surface area contributed by atoms with Crippen LogP contribution in [-0.4, -0.2) is 42.9 Å². The molecule has 2 nitrogen and oxygen atoms in total. The van der Waals surface area contributed by atoms with Crippen LogP contribution in [0.5, 0.6) is 0 Å². The Morgan fingerprint density at radius 2 is 1.86 bits per heavy atom. The minimum absolute atomic E-state index is 0.121. The molecule has 2 rings (SSSR count). The van der Waals surface area contributed by atoms with E-state index in [1.807, 2.05) is 19.1 Å². The molecule has 0 aromatic heterocycles. The van der Waals surface area contributed by atoms with Gasteiger partial charge in [-0.05, 0) is 50.9 Å². The standard InChI is InChI=1S/C17H27F3O2/c1-2-3-8-22-15-7-5-11(9-14(15)18)13-6-4-12(10-21)16(19)17(13)20/h2-3,11-17,21H,4-10H2,1H3/b3-2-. The van der Waals surface area contributed by atoms with Crippen LogP contribution in [0.3, 0.4) is 0 Å². The summed E-state index contributed by atoms with van der Waals surface area (Å²) < 4.78 is 48.0. The van der Waals surface area contributed by atoms with E-state index in [-0.39, 0.29) is 18.9 Å². The van der Waals surface area contributed by atoms with Crippen molar-refractivity contribution in [2.75, 3.05) is 13.2 Å². The van der Waals surface area contributed by atoms with Gasteiger partial charge in [-0.1, -0.05) is 12.2 Å². The van der Waals surface area contributed by atoms with Crippen molar-refractivity contribution in [3.8, 4) is 0 Å². The zero-order valence-corrected chi connectivity index (χ0v) is 13.1. The van der Waals surface area contributed by atoms with Gasteiger partial charge in [-0.3, -0.25) is 0 Å². The van der Waals surface area contributed by atoms with Crippen molar-refractivity contribution in [2.45, 2.75) is 63.6 Å². The van der Waals surface area contributed by atoms with Gasteiger partial charge >= 0.3 is 0 Å². The highest BCUT2D eigenvalue weighted by atomic mass is 19.2. The van der Waals surface area contributed by atoms with Gasteiger partial charge in [-0.25, -0.2) is 13.2 Å². The predicted octanol–water partition coefficient (Wildman–Crippen LogP) is 3.78. The van der Waals surface area contributed by atoms with E-state index in [2.05, 4.69) is 0 Å². The lowest BCUT2D eigenvalue weighted by Crippen LogP contribution is -2.45. The molecule has 0 amide bonds. The summed E-state index contributed by atoms with van der Waals surface area (Å²) in [6.07, 6.45) is 1.47. The Labute approximate surface area is 130 Å². The van der Waals surface area contributed by atoms with Crippen LogP contribution in [0.25, 0.3) is 0 Å². The molecule has 2 aliphatic carbocycles. The van der Waals surface area contributed by atoms with Gasteiger partial charge in [0.1, 0.15) is 18.5 Å². The third-order valence-electron chi connectivity index (χ3n) is 5.27. The molecule has 2 saturated carbocycles. The molecule has 0 radical (unpaired) electrons. The highest BCUT2D eigenvalue weighted by Gasteiger charge is 2.45. The summed E-state index contributed by atoms with van der Waals surface area (Å²) in [4.78, 5) is 0. The number of aliphatic hydroxyl groups is 1. The molecule has 0 spiro atoms. The second-order valence-electron chi connectivity index (χ2n) is 6.60. The lowest BCUT2D eigenvalue weighted by atomic mass is 9.68. The number of aliphatic hydroxyl groups excluding tert-OH is 1. The van der Waals surface area contributed by atoms with Crippen molar-refractivity contribution in [1.82, 2.24) is 0 Å². The largest absolute Gasteiger partial charge is 0.396 e. The lowest BCUT2D eigenvalue weighted by Gasteiger charge is -2.41. The second-order valence-corrected chi connectivity index (χ2v) is 6.60. The molecule has 0 aliphatic heterocycles. The number of rotatable bonds is 5. The van der Waals surface area contributed by atoms with Gasteiger partial charge in [-0.2, -0.15) is 0 Å². The van der Waals surface area contributed by atoms with Crippen LogP contribution in [0, 0.1) is 17.8 Å². The van der Waals surface area contributed by atoms with E-state index in [0.717, 1.165) is 0 Å². The third kappa shape index (κ3) is 4.05. The van der Waals surface area contributed by atoms with Gasteiger partial charge in [0, 0.05) is 12.5 Å². The van der Waals surface area contributed by atoms with E-state index >= 15 is 0 Å². The molecule has 2 fully saturated rings. The maximum atomic E-state index is 14.3. The quantitative estimate of drug-likeness (QED) is 0.781. The summed E-state index contributed by atoms with van der Waals surface area (Å²) in [7, 11) is 0. The molecule has 0 aromatic carbocycles. The van der Waals surface area contributed by atoms with Gasteiger partial charge in [0.15, 0.2) is 0 Å². The summed E-state index contributed by atoms with van der Waals surface area (Å²) in [6.45, 7) is 1.96. The molecular formula is C17H27F3O2. The first-order valence-electron chi connectivity index (χ1n) is 8.34. The SMILES string of the molecule is C/C=C\COC1CCC(C2CCC(CO)C(F)C2F)CC1F. The molecule has 5 heteroatoms. The van der Waals surface area contributed by atoms with Crippen LogP contribution < -0.4 is 0 Å². The third-order valence-corrected chi connectivity index (χ3v) is 5.27. The average Bonchev–Trinajstić information content (AvgIpc) is 2.52. The molecule has 1 N–H and O–H groups in total. The summed E-state index contributed by atoms with van der Waals surface area (Å²) >= 11 is 0. The molecule has 22 heavy (non-hydrogen) atoms. The molecule has 128 valence electrons. The molecule has 0 bridgehead atoms. The van der Waals surface area contributed by atoms with E-state index in [0.29, 0.717) is 32.3 Å². The van der Waals surface area contributed by atoms with Gasteiger partial charge in [0.2, 0.25) is 0 Å². The van der Waals surface area contributed by atoms with Crippen molar-refractivity contribution in [3.63, 3.8) is 0 Å². The number of halogens is 3. The normalized spacial score (nSPS) is 43.6. The Bertz CT molecular complexity index is 364. The van der Waals surface area contributed by atoms with Crippen molar-refractivity contribution < 1.29 is 23.0 Å². The molecule has 0 aromatic rings. The first kappa shape index (κ1) is 17.8. The number of alkyl halides is 3. The fraction of sp³-hybridized carbons (Fsp3) is 0.882. The number of allylic oxidation sites excluding steroid dienone is 1. The topological polar surface area (TPSA) is 29.5 Å². The van der Waals surface area contributed by atoms with Crippen LogP contribution in [0.15, 0.2) is 12.2 Å². The summed E-state index contributed by atoms with van der Waals surface area (Å²) in [5, 5.41) is 9.07. The molecule has 7 atom stereocenters. The second kappa shape index (κ2) is 8.34. The van der Waals surface area contributed by atoms with E-state index in [1.54, 1.807) is 0 Å². The van der Waals surface area contributed by atoms with Crippen molar-refractivity contribution in [3.05, 3.63) is 12.2 Å². The molecule has 0 saturated heterocycles. The van der Waals surface area contributed by atoms with E-state index in [4.69, 9.17) is 9.84 Å². The monoisotopic (exact) mass is 320 g/mol. The Morgan fingerprint density at radius 3 is 2.50 bits per heavy atom. The number of ether oxygens (including phenoxy) is 1. The summed E-state index contributed by atoms with van der Waals surface area (Å²) in [5.41, 5.74) is 0. The maximum Gasteiger partial charge on any atom is 0.136 e. The highest BCUT2D eigenvalue weighted by Crippen LogP contribution is 2.43. The fourth-order valence-electron chi connectivity index (χ4n) is 3.88. The minimum Gasteiger partial charge on any atom is -0.396 e. The van der Waals surface area contributed by atoms with Crippen LogP contribution in [0.4, 0.5) is 13.2 Å². The van der Waals surface area contributed by atoms with Crippen molar-refractivity contribution in [1.29, 1.82) is 0 Å². The summed E-state index contributed by atoms with van der Waals surface area (Å²) in [5.74, 6) is -1.15. The van der Waals surface area contributed by atoms with Crippen LogP contribution >= 0.6 is 0 Å². The molecule has 0 heterocycles. The predicted molar refractivity (Wildman–Crippen MR) is 79.9 cm³/mol. The minimum atomic E-state index is -1.62. The zero-order chi connectivity index (χ0) is 16.1. The van der Waals surface area contributed by atoms with Gasteiger partial charge in [-0.15, -0.1) is 0 Å². The van der Waals surface area contributed by atoms with Crippen molar-refractivity contribution in [2.24, 2.45) is 17.8 Å². The van der Waals surface area contributed by atoms with E-state index in [1.165, 1.54) is 0 Å². The molecule has 7 unspecified atom stereocenters. The average molecular weight is 320 g/mol. The van der Waals surface area contributed by atoms with Gasteiger partial charge in [0.05, 0.1) is 12.7 Å². The first-order valence-corrected chi connectivity index (χ1v) is 8.34. The van der Waals surface area contributed by atoms with Crippen LogP contribution in [0.1, 0.15) is 39.0 Å². The van der Waals surface area contributed by atoms with Crippen molar-refractivity contribution >= 4 is 0 Å². The Hall–Kier alpha value is -0.550. The fourth-order valence-corrected chi connectivity index (χ4v) is 3.88. The summed E-state index contributed by atoms with van der Waals surface area (Å²) in [6, 6.07) is 0. The Morgan fingerprint density at radius 1 is 1.09 bits per heavy atom. The lowest BCUT2D eigenvalue weighted by molar-refractivity contribution is -0.0639. The van der Waals surface area contributed by atoms with E-state index in [9.17, 15) is 13.2 Å². The van der Waals surface area contributed by atoms with Gasteiger partial charge < -0.3 is 9.84 Å². The highest BCUT2D eigenvalue weighted by molar-refractivity contribution is 4.94. The smallest absolute Gasteiger partial charge is 0.136 e. The number of hydrogen-bond donors (Lipinski definition) is 1. The van der Waals surface area contributed by atoms with Crippen LogP contribution in [-0.2, 0) is 4.74 Å². The van der Waals surface area contributed by atoms with Gasteiger partial charge in [0.25, 0.3) is 0 Å². The first-order chi connectivity index (χ1) is 10.6. The number of hydrogen-bond acceptors (Lipinski definition) is 2. The Kier molecular flexibility index (Phi) is 6.75. The zero-order valence-electron chi connectivity index (χ0n) is 13.1. The van der Waals surface area contributed by atoms with E-state index < -0.39 is 36.5 Å². The maximum absolute atomic E-state index is 14.3. The molecular weight excluding hydrogens is 293 g/mol. The Balaban J connectivity index is 1.87.